The highest BCUT2D eigenvalue weighted by Gasteiger charge is 2.44. The van der Waals surface area contributed by atoms with Crippen molar-refractivity contribution in [2.24, 2.45) is 5.73 Å². The summed E-state index contributed by atoms with van der Waals surface area (Å²) >= 11 is 0. The van der Waals surface area contributed by atoms with Gasteiger partial charge >= 0.3 is 0 Å². The Morgan fingerprint density at radius 1 is 1.36 bits per heavy atom. The molecule has 0 bridgehead atoms. The number of fused-ring (bicyclic) bond motifs is 1. The lowest BCUT2D eigenvalue weighted by molar-refractivity contribution is -0.139. The first-order valence-electron chi connectivity index (χ1n) is 8.53. The van der Waals surface area contributed by atoms with E-state index in [9.17, 15) is 9.59 Å². The van der Waals surface area contributed by atoms with Crippen LogP contribution in [0.25, 0.3) is 11.0 Å². The molecule has 0 spiro atoms. The van der Waals surface area contributed by atoms with Crippen molar-refractivity contribution in [3.05, 3.63) is 30.6 Å². The lowest BCUT2D eigenvalue weighted by atomic mass is 9.92. The maximum Gasteiger partial charge on any atom is 0.224 e. The van der Waals surface area contributed by atoms with Gasteiger partial charge in [0.25, 0.3) is 0 Å². The number of carbonyl (C=O) groups is 2. The molecule has 2 aromatic rings. The van der Waals surface area contributed by atoms with E-state index in [0.717, 1.165) is 23.9 Å². The van der Waals surface area contributed by atoms with Crippen LogP contribution in [0.5, 0.6) is 0 Å². The summed E-state index contributed by atoms with van der Waals surface area (Å²) in [6.07, 6.45) is 3.85. The number of hydrogen-bond acceptors (Lipinski definition) is 4. The fourth-order valence-corrected chi connectivity index (χ4v) is 3.85. The molecule has 2 amide bonds. The second-order valence-electron chi connectivity index (χ2n) is 6.63. The molecule has 1 aliphatic heterocycles. The number of nitrogens with zero attached hydrogens (tertiary/aromatic N) is 3. The molecule has 1 fully saturated rings. The predicted molar refractivity (Wildman–Crippen MR) is 93.7 cm³/mol. The summed E-state index contributed by atoms with van der Waals surface area (Å²) in [5.41, 5.74) is 6.74. The molecule has 3 rings (SSSR count). The van der Waals surface area contributed by atoms with E-state index in [1.54, 1.807) is 18.3 Å². The Kier molecular flexibility index (Phi) is 5.03. The summed E-state index contributed by atoms with van der Waals surface area (Å²) in [4.78, 5) is 30.5. The number of amides is 2. The van der Waals surface area contributed by atoms with E-state index in [1.165, 1.54) is 0 Å². The van der Waals surface area contributed by atoms with E-state index in [0.29, 0.717) is 26.1 Å². The number of aryl methyl sites for hydroxylation is 1. The summed E-state index contributed by atoms with van der Waals surface area (Å²) in [6.45, 7) is 1.52. The van der Waals surface area contributed by atoms with Crippen LogP contribution < -0.4 is 5.73 Å². The third-order valence-electron chi connectivity index (χ3n) is 4.91. The smallest absolute Gasteiger partial charge is 0.224 e. The van der Waals surface area contributed by atoms with Crippen LogP contribution in [0.1, 0.15) is 25.7 Å². The molecule has 1 aromatic carbocycles. The zero-order valence-corrected chi connectivity index (χ0v) is 14.5. The average molecular weight is 344 g/mol. The topological polar surface area (TPSA) is 90.5 Å². The van der Waals surface area contributed by atoms with Gasteiger partial charge in [-0.2, -0.15) is 0 Å². The first-order valence-corrected chi connectivity index (χ1v) is 8.53. The van der Waals surface area contributed by atoms with E-state index in [4.69, 9.17) is 10.5 Å². The minimum Gasteiger partial charge on any atom is -0.382 e. The Hall–Kier alpha value is -2.41. The lowest BCUT2D eigenvalue weighted by Crippen LogP contribution is -2.52. The molecule has 7 heteroatoms. The molecule has 0 saturated carbocycles. The van der Waals surface area contributed by atoms with Crippen LogP contribution in [0.4, 0.5) is 0 Å². The monoisotopic (exact) mass is 344 g/mol. The molecular formula is C18H24N4O3. The van der Waals surface area contributed by atoms with Crippen LogP contribution in [-0.2, 0) is 20.9 Å². The molecular weight excluding hydrogens is 320 g/mol. The van der Waals surface area contributed by atoms with Crippen molar-refractivity contribution in [2.75, 3.05) is 20.3 Å². The first kappa shape index (κ1) is 17.4. The predicted octanol–water partition coefficient (Wildman–Crippen LogP) is 1.31. The van der Waals surface area contributed by atoms with Crippen LogP contribution in [0, 0.1) is 0 Å². The fourth-order valence-electron chi connectivity index (χ4n) is 3.85. The van der Waals surface area contributed by atoms with Crippen molar-refractivity contribution in [2.45, 2.75) is 37.8 Å². The van der Waals surface area contributed by atoms with Crippen LogP contribution in [-0.4, -0.2) is 52.1 Å². The van der Waals surface area contributed by atoms with Gasteiger partial charge in [-0.05, 0) is 25.0 Å². The number of carbonyl (C=O) groups excluding carboxylic acids is 2. The van der Waals surface area contributed by atoms with Crippen molar-refractivity contribution in [1.29, 1.82) is 0 Å². The minimum absolute atomic E-state index is 0.0218. The minimum atomic E-state index is -0.603. The summed E-state index contributed by atoms with van der Waals surface area (Å²) in [6, 6.07) is 7.84. The van der Waals surface area contributed by atoms with Crippen molar-refractivity contribution < 1.29 is 14.3 Å². The number of aromatic nitrogens is 2. The Morgan fingerprint density at radius 2 is 2.16 bits per heavy atom. The highest BCUT2D eigenvalue weighted by Crippen LogP contribution is 2.33. The summed E-state index contributed by atoms with van der Waals surface area (Å²) < 4.78 is 7.28. The van der Waals surface area contributed by atoms with Gasteiger partial charge in [-0.25, -0.2) is 4.98 Å². The van der Waals surface area contributed by atoms with Crippen molar-refractivity contribution in [3.63, 3.8) is 0 Å². The third-order valence-corrected chi connectivity index (χ3v) is 4.91. The number of ether oxygens (including phenoxy) is 1. The molecule has 0 unspecified atom stereocenters. The highest BCUT2D eigenvalue weighted by molar-refractivity contribution is 5.81. The van der Waals surface area contributed by atoms with Crippen LogP contribution in [0.3, 0.4) is 0 Å². The molecule has 1 aliphatic rings. The lowest BCUT2D eigenvalue weighted by Gasteiger charge is -2.37. The molecule has 1 aromatic heterocycles. The number of methoxy groups -OCH3 is 1. The third kappa shape index (κ3) is 3.51. The molecule has 134 valence electrons. The number of benzene rings is 1. The average Bonchev–Trinajstić information content (AvgIpc) is 3.17. The molecule has 7 nitrogen and oxygen atoms in total. The van der Waals surface area contributed by atoms with E-state index < -0.39 is 11.4 Å². The van der Waals surface area contributed by atoms with Crippen molar-refractivity contribution >= 4 is 22.8 Å². The number of imidazole rings is 1. The zero-order chi connectivity index (χ0) is 17.9. The maximum absolute atomic E-state index is 12.8. The van der Waals surface area contributed by atoms with Gasteiger partial charge in [0, 0.05) is 26.6 Å². The van der Waals surface area contributed by atoms with Crippen LogP contribution in [0.2, 0.25) is 0 Å². The Bertz CT molecular complexity index is 773. The van der Waals surface area contributed by atoms with Gasteiger partial charge in [-0.3, -0.25) is 9.59 Å². The van der Waals surface area contributed by atoms with Gasteiger partial charge in [-0.15, -0.1) is 0 Å². The number of likely N-dealkylation sites (tertiary alicyclic amines) is 1. The SMILES string of the molecule is COC[C@@]1(CC(N)=O)CCCN1C(=O)CCn1cnc2ccccc21. The molecule has 1 saturated heterocycles. The molecule has 2 heterocycles. The van der Waals surface area contributed by atoms with Gasteiger partial charge in [-0.1, -0.05) is 12.1 Å². The van der Waals surface area contributed by atoms with Crippen LogP contribution >= 0.6 is 0 Å². The summed E-state index contributed by atoms with van der Waals surface area (Å²) in [7, 11) is 1.58. The molecule has 0 aliphatic carbocycles. The van der Waals surface area contributed by atoms with Gasteiger partial charge < -0.3 is 19.9 Å². The number of hydrogen-bond donors (Lipinski definition) is 1. The number of nitrogens with two attached hydrogens (primary N) is 1. The number of para-hydroxylation sites is 2. The summed E-state index contributed by atoms with van der Waals surface area (Å²) in [5, 5.41) is 0. The second kappa shape index (κ2) is 7.23. The van der Waals surface area contributed by atoms with Gasteiger partial charge in [0.05, 0.1) is 35.9 Å². The van der Waals surface area contributed by atoms with E-state index in [-0.39, 0.29) is 12.3 Å². The van der Waals surface area contributed by atoms with E-state index >= 15 is 0 Å². The van der Waals surface area contributed by atoms with E-state index in [2.05, 4.69) is 4.98 Å². The molecule has 25 heavy (non-hydrogen) atoms. The van der Waals surface area contributed by atoms with Crippen molar-refractivity contribution in [3.8, 4) is 0 Å². The zero-order valence-electron chi connectivity index (χ0n) is 14.5. The highest BCUT2D eigenvalue weighted by atomic mass is 16.5. The standard InChI is InChI=1S/C18H24N4O3/c1-25-12-18(11-16(19)23)8-4-9-22(18)17(24)7-10-21-13-20-14-5-2-3-6-15(14)21/h2-3,5-6,13H,4,7-12H2,1H3,(H2,19,23)/t18-/m0/s1. The van der Waals surface area contributed by atoms with Crippen molar-refractivity contribution in [1.82, 2.24) is 14.5 Å². The number of primary amides is 1. The van der Waals surface area contributed by atoms with Crippen LogP contribution in [0.15, 0.2) is 30.6 Å². The molecule has 2 N–H and O–H groups in total. The molecule has 0 radical (unpaired) electrons. The first-order chi connectivity index (χ1) is 12.1. The normalized spacial score (nSPS) is 20.3. The van der Waals surface area contributed by atoms with Gasteiger partial charge in [0.2, 0.25) is 11.8 Å². The summed E-state index contributed by atoms with van der Waals surface area (Å²) in [5.74, 6) is -0.383. The number of rotatable bonds is 7. The Labute approximate surface area is 146 Å². The maximum atomic E-state index is 12.8. The fraction of sp³-hybridized carbons (Fsp3) is 0.500. The quantitative estimate of drug-likeness (QED) is 0.820. The van der Waals surface area contributed by atoms with Gasteiger partial charge in [0.15, 0.2) is 0 Å². The molecule has 1 atom stereocenters. The second-order valence-corrected chi connectivity index (χ2v) is 6.63. The Morgan fingerprint density at radius 3 is 2.92 bits per heavy atom. The Balaban J connectivity index is 1.72. The van der Waals surface area contributed by atoms with E-state index in [1.807, 2.05) is 28.8 Å². The van der Waals surface area contributed by atoms with Gasteiger partial charge in [0.1, 0.15) is 0 Å². The largest absolute Gasteiger partial charge is 0.382 e.